The second-order valence-electron chi connectivity index (χ2n) is 8.54. The number of hydrogen-bond acceptors (Lipinski definition) is 3. The Morgan fingerprint density at radius 1 is 1.40 bits per heavy atom. The molecule has 0 radical (unpaired) electrons. The third-order valence-electron chi connectivity index (χ3n) is 5.28. The zero-order chi connectivity index (χ0) is 18.7. The summed E-state index contributed by atoms with van der Waals surface area (Å²) in [7, 11) is 0. The second kappa shape index (κ2) is 8.26. The van der Waals surface area contributed by atoms with Gasteiger partial charge in [0.1, 0.15) is 4.75 Å². The Hall–Kier alpha value is -0.810. The van der Waals surface area contributed by atoms with Gasteiger partial charge >= 0.3 is 0 Å². The highest BCUT2D eigenvalue weighted by Gasteiger charge is 2.46. The Bertz CT molecular complexity index is 557. The van der Waals surface area contributed by atoms with Crippen LogP contribution >= 0.6 is 0 Å². The molecule has 1 aliphatic rings. The van der Waals surface area contributed by atoms with Crippen molar-refractivity contribution in [1.29, 1.82) is 0 Å². The van der Waals surface area contributed by atoms with Crippen molar-refractivity contribution >= 4 is 11.4 Å². The van der Waals surface area contributed by atoms with E-state index in [2.05, 4.69) is 54.3 Å². The van der Waals surface area contributed by atoms with E-state index in [9.17, 15) is 4.55 Å². The molecule has 0 spiro atoms. The minimum Gasteiger partial charge on any atom is -0.598 e. The van der Waals surface area contributed by atoms with Gasteiger partial charge in [-0.05, 0) is 52.0 Å². The highest BCUT2D eigenvalue weighted by molar-refractivity contribution is 7.90. The van der Waals surface area contributed by atoms with Crippen molar-refractivity contribution < 1.29 is 4.55 Å². The van der Waals surface area contributed by atoms with Gasteiger partial charge in [-0.25, -0.2) is 0 Å². The maximum Gasteiger partial charge on any atom is 0.136 e. The van der Waals surface area contributed by atoms with Crippen molar-refractivity contribution in [2.75, 3.05) is 13.1 Å². The van der Waals surface area contributed by atoms with Crippen LogP contribution in [0.1, 0.15) is 59.1 Å². The topological polar surface area (TPSA) is 38.3 Å². The van der Waals surface area contributed by atoms with Crippen LogP contribution in [0, 0.1) is 5.92 Å². The van der Waals surface area contributed by atoms with Crippen LogP contribution in [0.2, 0.25) is 0 Å². The van der Waals surface area contributed by atoms with Gasteiger partial charge in [0.2, 0.25) is 0 Å². The monoisotopic (exact) mass is 362 g/mol. The van der Waals surface area contributed by atoms with E-state index in [0.29, 0.717) is 5.92 Å². The predicted molar refractivity (Wildman–Crippen MR) is 109 cm³/mol. The van der Waals surface area contributed by atoms with E-state index in [4.69, 9.17) is 0 Å². The molecule has 1 saturated heterocycles. The summed E-state index contributed by atoms with van der Waals surface area (Å²) < 4.78 is 16.1. The number of piperidine rings is 1. The van der Waals surface area contributed by atoms with Crippen molar-refractivity contribution in [2.24, 2.45) is 5.92 Å². The third-order valence-corrected chi connectivity index (χ3v) is 6.85. The minimum absolute atomic E-state index is 0.0150. The first-order valence-corrected chi connectivity index (χ1v) is 10.4. The van der Waals surface area contributed by atoms with Crippen LogP contribution < -0.4 is 4.72 Å². The number of hydrogen-bond donors (Lipinski definition) is 1. The predicted octanol–water partition coefficient (Wildman–Crippen LogP) is 4.46. The highest BCUT2D eigenvalue weighted by atomic mass is 32.2. The van der Waals surface area contributed by atoms with Gasteiger partial charge in [-0.2, -0.15) is 0 Å². The summed E-state index contributed by atoms with van der Waals surface area (Å²) in [6.07, 6.45) is 4.26. The van der Waals surface area contributed by atoms with Gasteiger partial charge in [0, 0.05) is 30.0 Å². The Labute approximate surface area is 157 Å². The van der Waals surface area contributed by atoms with Gasteiger partial charge in [0.05, 0.1) is 6.04 Å². The van der Waals surface area contributed by atoms with Crippen LogP contribution in [0.25, 0.3) is 0 Å². The van der Waals surface area contributed by atoms with Crippen molar-refractivity contribution in [3.8, 4) is 0 Å². The maximum absolute atomic E-state index is 12.9. The Morgan fingerprint density at radius 2 is 2.04 bits per heavy atom. The Balaban J connectivity index is 2.40. The van der Waals surface area contributed by atoms with Gasteiger partial charge in [-0.15, -0.1) is 11.3 Å². The molecule has 0 saturated carbocycles. The normalized spacial score (nSPS) is 27.7. The van der Waals surface area contributed by atoms with Gasteiger partial charge in [-0.3, -0.25) is 4.90 Å². The second-order valence-corrected chi connectivity index (χ2v) is 10.5. The summed E-state index contributed by atoms with van der Waals surface area (Å²) >= 11 is -1.13. The number of likely N-dealkylation sites (tertiary alicyclic amines) is 1. The minimum atomic E-state index is -1.13. The lowest BCUT2D eigenvalue weighted by Crippen LogP contribution is -2.60. The van der Waals surface area contributed by atoms with E-state index in [1.165, 1.54) is 12.0 Å². The summed E-state index contributed by atoms with van der Waals surface area (Å²) in [6.45, 7) is 16.5. The van der Waals surface area contributed by atoms with Crippen LogP contribution in [0.5, 0.6) is 0 Å². The lowest BCUT2D eigenvalue weighted by molar-refractivity contribution is 0.0219. The molecule has 1 N–H and O–H groups in total. The summed E-state index contributed by atoms with van der Waals surface area (Å²) in [5.74, 6) is 0.678. The fourth-order valence-electron chi connectivity index (χ4n) is 3.62. The van der Waals surface area contributed by atoms with E-state index < -0.39 is 11.4 Å². The molecule has 2 rings (SSSR count). The molecule has 25 heavy (non-hydrogen) atoms. The molecule has 2 unspecified atom stereocenters. The average Bonchev–Trinajstić information content (AvgIpc) is 2.56. The quantitative estimate of drug-likeness (QED) is 0.600. The molecule has 4 heteroatoms. The lowest BCUT2D eigenvalue weighted by Gasteiger charge is -2.51. The van der Waals surface area contributed by atoms with Crippen LogP contribution in [0.3, 0.4) is 0 Å². The maximum atomic E-state index is 12.9. The van der Waals surface area contributed by atoms with E-state index in [-0.39, 0.29) is 16.3 Å². The summed E-state index contributed by atoms with van der Waals surface area (Å²) in [5, 5.41) is 0. The molecule has 1 aromatic carbocycles. The number of nitrogens with zero attached hydrogens (tertiary/aromatic N) is 1. The standard InChI is InChI=1S/C21H34N2OS/c1-7-15-23-16-17(2)13-14-21(23,6)19(18-11-9-8-10-12-18)22-25(24)20(3,4)5/h7-12,17,19,22H,1,13-16H2,2-6H3/t17?,19-,21?,25+/m1/s1. The first-order valence-electron chi connectivity index (χ1n) is 9.27. The fourth-order valence-corrected chi connectivity index (χ4v) is 4.58. The number of rotatable bonds is 6. The average molecular weight is 363 g/mol. The van der Waals surface area contributed by atoms with E-state index in [1.54, 1.807) is 0 Å². The van der Waals surface area contributed by atoms with Crippen molar-refractivity contribution in [3.63, 3.8) is 0 Å². The summed E-state index contributed by atoms with van der Waals surface area (Å²) in [4.78, 5) is 2.51. The van der Waals surface area contributed by atoms with Crippen LogP contribution in [-0.2, 0) is 11.4 Å². The summed E-state index contributed by atoms with van der Waals surface area (Å²) in [5.41, 5.74) is 1.11. The molecule has 1 aliphatic heterocycles. The zero-order valence-electron chi connectivity index (χ0n) is 16.4. The molecule has 1 aromatic rings. The van der Waals surface area contributed by atoms with Crippen LogP contribution in [0.4, 0.5) is 0 Å². The van der Waals surface area contributed by atoms with E-state index >= 15 is 0 Å². The van der Waals surface area contributed by atoms with Gasteiger partial charge in [-0.1, -0.05) is 43.3 Å². The third kappa shape index (κ3) is 4.88. The molecule has 0 aromatic heterocycles. The molecule has 4 atom stereocenters. The molecule has 1 heterocycles. The van der Waals surface area contributed by atoms with Gasteiger partial charge in [0.15, 0.2) is 0 Å². The van der Waals surface area contributed by atoms with Crippen LogP contribution in [-0.4, -0.2) is 32.8 Å². The highest BCUT2D eigenvalue weighted by Crippen LogP contribution is 2.41. The Morgan fingerprint density at radius 3 is 2.60 bits per heavy atom. The van der Waals surface area contributed by atoms with Crippen LogP contribution in [0.15, 0.2) is 43.0 Å². The lowest BCUT2D eigenvalue weighted by atomic mass is 9.76. The van der Waals surface area contributed by atoms with E-state index in [1.807, 2.05) is 32.9 Å². The van der Waals surface area contributed by atoms with Crippen molar-refractivity contribution in [3.05, 3.63) is 48.6 Å². The molecule has 1 fully saturated rings. The Kier molecular flexibility index (Phi) is 6.77. The molecule has 0 amide bonds. The molecule has 3 nitrogen and oxygen atoms in total. The molecule has 0 aliphatic carbocycles. The first-order chi connectivity index (χ1) is 11.7. The first kappa shape index (κ1) is 20.5. The van der Waals surface area contributed by atoms with Crippen molar-refractivity contribution in [1.82, 2.24) is 9.62 Å². The molecular formula is C21H34N2OS. The smallest absolute Gasteiger partial charge is 0.136 e. The SMILES string of the molecule is C=CCN1CC(C)CCC1(C)[C@H](N[S@@+]([O-])C(C)(C)C)c1ccccc1. The van der Waals surface area contributed by atoms with Crippen molar-refractivity contribution in [2.45, 2.75) is 63.8 Å². The van der Waals surface area contributed by atoms with Gasteiger partial charge in [0.25, 0.3) is 0 Å². The van der Waals surface area contributed by atoms with Gasteiger partial charge < -0.3 is 4.55 Å². The van der Waals surface area contributed by atoms with E-state index in [0.717, 1.165) is 19.5 Å². The molecule has 0 bridgehead atoms. The zero-order valence-corrected chi connectivity index (χ0v) is 17.2. The number of benzene rings is 1. The summed E-state index contributed by atoms with van der Waals surface area (Å²) in [6, 6.07) is 10.5. The number of nitrogens with one attached hydrogen (secondary N) is 1. The largest absolute Gasteiger partial charge is 0.598 e. The molecular weight excluding hydrogens is 328 g/mol. The molecule has 140 valence electrons. The fraction of sp³-hybridized carbons (Fsp3) is 0.619.